The highest BCUT2D eigenvalue weighted by molar-refractivity contribution is 7.13. The molecule has 7 heteroatoms. The molecule has 144 valence electrons. The van der Waals surface area contributed by atoms with E-state index in [1.807, 2.05) is 31.2 Å². The van der Waals surface area contributed by atoms with Crippen LogP contribution < -0.4 is 10.1 Å². The Balaban J connectivity index is 1.68. The fraction of sp³-hybridized carbons (Fsp3) is 0.190. The monoisotopic (exact) mass is 396 g/mol. The van der Waals surface area contributed by atoms with Crippen molar-refractivity contribution in [3.8, 4) is 5.75 Å². The molecule has 0 aliphatic carbocycles. The standard InChI is InChI=1S/C21H20N2O4S/c1-13-6-4-9-17(10-13)27-12-18-22-14(2)19(28-18)20(24)23-16-8-5-7-15(11-16)21(25)26-3/h4-11H,12H2,1-3H3,(H,23,24). The zero-order valence-electron chi connectivity index (χ0n) is 15.8. The lowest BCUT2D eigenvalue weighted by Gasteiger charge is -2.06. The maximum atomic E-state index is 12.6. The molecule has 0 fully saturated rings. The zero-order valence-corrected chi connectivity index (χ0v) is 16.6. The summed E-state index contributed by atoms with van der Waals surface area (Å²) in [6.45, 7) is 4.07. The minimum Gasteiger partial charge on any atom is -0.486 e. The quantitative estimate of drug-likeness (QED) is 0.626. The molecule has 0 atom stereocenters. The lowest BCUT2D eigenvalue weighted by atomic mass is 10.2. The number of hydrogen-bond acceptors (Lipinski definition) is 6. The van der Waals surface area contributed by atoms with E-state index >= 15 is 0 Å². The lowest BCUT2D eigenvalue weighted by Crippen LogP contribution is -2.12. The number of nitrogens with zero attached hydrogens (tertiary/aromatic N) is 1. The van der Waals surface area contributed by atoms with E-state index in [4.69, 9.17) is 9.47 Å². The first kappa shape index (κ1) is 19.6. The van der Waals surface area contributed by atoms with E-state index in [0.29, 0.717) is 33.4 Å². The van der Waals surface area contributed by atoms with Crippen molar-refractivity contribution >= 4 is 28.9 Å². The lowest BCUT2D eigenvalue weighted by molar-refractivity contribution is 0.0600. The van der Waals surface area contributed by atoms with Crippen LogP contribution in [0.1, 0.15) is 36.3 Å². The molecule has 0 saturated heterocycles. The maximum Gasteiger partial charge on any atom is 0.337 e. The highest BCUT2D eigenvalue weighted by Gasteiger charge is 2.16. The fourth-order valence-electron chi connectivity index (χ4n) is 2.60. The Morgan fingerprint density at radius 2 is 1.89 bits per heavy atom. The number of esters is 1. The Bertz CT molecular complexity index is 1010. The van der Waals surface area contributed by atoms with E-state index in [9.17, 15) is 9.59 Å². The number of benzene rings is 2. The van der Waals surface area contributed by atoms with E-state index in [-0.39, 0.29) is 5.91 Å². The van der Waals surface area contributed by atoms with Crippen molar-refractivity contribution in [3.05, 3.63) is 75.2 Å². The van der Waals surface area contributed by atoms with E-state index in [0.717, 1.165) is 11.3 Å². The number of thiazole rings is 1. The van der Waals surface area contributed by atoms with Crippen LogP contribution in [0.15, 0.2) is 48.5 Å². The molecule has 3 aromatic rings. The van der Waals surface area contributed by atoms with Crippen molar-refractivity contribution < 1.29 is 19.1 Å². The third kappa shape index (κ3) is 4.75. The van der Waals surface area contributed by atoms with Crippen LogP contribution >= 0.6 is 11.3 Å². The van der Waals surface area contributed by atoms with Crippen LogP contribution in [0.3, 0.4) is 0 Å². The number of rotatable bonds is 6. The molecule has 0 unspecified atom stereocenters. The van der Waals surface area contributed by atoms with Crippen molar-refractivity contribution in [2.75, 3.05) is 12.4 Å². The number of ether oxygens (including phenoxy) is 2. The van der Waals surface area contributed by atoms with Crippen LogP contribution in [0.5, 0.6) is 5.75 Å². The Morgan fingerprint density at radius 3 is 2.64 bits per heavy atom. The van der Waals surface area contributed by atoms with E-state index in [1.165, 1.54) is 18.4 Å². The number of carbonyl (C=O) groups excluding carboxylic acids is 2. The molecule has 0 bridgehead atoms. The smallest absolute Gasteiger partial charge is 0.337 e. The number of methoxy groups -OCH3 is 1. The van der Waals surface area contributed by atoms with E-state index < -0.39 is 5.97 Å². The summed E-state index contributed by atoms with van der Waals surface area (Å²) in [5, 5.41) is 3.51. The van der Waals surface area contributed by atoms with Gasteiger partial charge in [-0.1, -0.05) is 18.2 Å². The Hall–Kier alpha value is -3.19. The molecule has 2 aromatic carbocycles. The Kier molecular flexibility index (Phi) is 6.06. The molecular formula is C21H20N2O4S. The number of nitrogens with one attached hydrogen (secondary N) is 1. The molecule has 3 rings (SSSR count). The number of amides is 1. The fourth-order valence-corrected chi connectivity index (χ4v) is 3.48. The maximum absolute atomic E-state index is 12.6. The van der Waals surface area contributed by atoms with Gasteiger partial charge in [-0.15, -0.1) is 11.3 Å². The van der Waals surface area contributed by atoms with Crippen molar-refractivity contribution in [1.29, 1.82) is 0 Å². The number of aryl methyl sites for hydroxylation is 2. The predicted molar refractivity (Wildman–Crippen MR) is 108 cm³/mol. The highest BCUT2D eigenvalue weighted by Crippen LogP contribution is 2.22. The van der Waals surface area contributed by atoms with Crippen molar-refractivity contribution in [2.45, 2.75) is 20.5 Å². The van der Waals surface area contributed by atoms with Gasteiger partial charge in [0.05, 0.1) is 18.4 Å². The van der Waals surface area contributed by atoms with Gasteiger partial charge in [0.2, 0.25) is 0 Å². The summed E-state index contributed by atoms with van der Waals surface area (Å²) in [6.07, 6.45) is 0. The van der Waals surface area contributed by atoms with Gasteiger partial charge in [-0.05, 0) is 49.7 Å². The van der Waals surface area contributed by atoms with Gasteiger partial charge >= 0.3 is 5.97 Å². The molecule has 6 nitrogen and oxygen atoms in total. The molecule has 0 aliphatic rings. The second-order valence-electron chi connectivity index (χ2n) is 6.15. The highest BCUT2D eigenvalue weighted by atomic mass is 32.1. The average molecular weight is 396 g/mol. The van der Waals surface area contributed by atoms with Crippen LogP contribution in [0.25, 0.3) is 0 Å². The average Bonchev–Trinajstić information content (AvgIpc) is 3.07. The molecule has 28 heavy (non-hydrogen) atoms. The molecule has 1 heterocycles. The van der Waals surface area contributed by atoms with Gasteiger partial charge in [-0.2, -0.15) is 0 Å². The van der Waals surface area contributed by atoms with Gasteiger partial charge in [0.1, 0.15) is 22.2 Å². The third-order valence-corrected chi connectivity index (χ3v) is 5.07. The van der Waals surface area contributed by atoms with Gasteiger partial charge in [-0.25, -0.2) is 9.78 Å². The molecule has 1 amide bonds. The SMILES string of the molecule is COC(=O)c1cccc(NC(=O)c2sc(COc3cccc(C)c3)nc2C)c1. The topological polar surface area (TPSA) is 77.5 Å². The van der Waals surface area contributed by atoms with Crippen LogP contribution in [0.2, 0.25) is 0 Å². The first-order chi connectivity index (χ1) is 13.5. The summed E-state index contributed by atoms with van der Waals surface area (Å²) in [5.74, 6) is 0.0259. The van der Waals surface area contributed by atoms with Gasteiger partial charge in [0, 0.05) is 5.69 Å². The van der Waals surface area contributed by atoms with Crippen molar-refractivity contribution in [1.82, 2.24) is 4.98 Å². The number of hydrogen-bond donors (Lipinski definition) is 1. The summed E-state index contributed by atoms with van der Waals surface area (Å²) < 4.78 is 10.5. The molecule has 1 N–H and O–H groups in total. The van der Waals surface area contributed by atoms with Gasteiger partial charge in [-0.3, -0.25) is 4.79 Å². The second-order valence-corrected chi connectivity index (χ2v) is 7.24. The number of anilines is 1. The van der Waals surface area contributed by atoms with Crippen molar-refractivity contribution in [2.24, 2.45) is 0 Å². The molecule has 0 saturated carbocycles. The molecular weight excluding hydrogens is 376 g/mol. The van der Waals surface area contributed by atoms with Crippen LogP contribution in [-0.4, -0.2) is 24.0 Å². The second kappa shape index (κ2) is 8.67. The molecule has 0 spiro atoms. The summed E-state index contributed by atoms with van der Waals surface area (Å²) in [5.41, 5.74) is 2.63. The van der Waals surface area contributed by atoms with Crippen molar-refractivity contribution in [3.63, 3.8) is 0 Å². The summed E-state index contributed by atoms with van der Waals surface area (Å²) in [6, 6.07) is 14.3. The normalized spacial score (nSPS) is 10.4. The number of aromatic nitrogens is 1. The Labute approximate surface area is 167 Å². The summed E-state index contributed by atoms with van der Waals surface area (Å²) in [7, 11) is 1.31. The first-order valence-electron chi connectivity index (χ1n) is 8.62. The minimum absolute atomic E-state index is 0.279. The first-order valence-corrected chi connectivity index (χ1v) is 9.43. The van der Waals surface area contributed by atoms with Gasteiger partial charge < -0.3 is 14.8 Å². The predicted octanol–water partition coefficient (Wildman–Crippen LogP) is 4.38. The largest absolute Gasteiger partial charge is 0.486 e. The van der Waals surface area contributed by atoms with E-state index in [2.05, 4.69) is 10.3 Å². The van der Waals surface area contributed by atoms with E-state index in [1.54, 1.807) is 31.2 Å². The molecule has 1 aromatic heterocycles. The summed E-state index contributed by atoms with van der Waals surface area (Å²) in [4.78, 5) is 29.2. The third-order valence-electron chi connectivity index (χ3n) is 3.94. The van der Waals surface area contributed by atoms with Crippen LogP contribution in [0, 0.1) is 13.8 Å². The van der Waals surface area contributed by atoms with Crippen LogP contribution in [0.4, 0.5) is 5.69 Å². The van der Waals surface area contributed by atoms with Gasteiger partial charge in [0.15, 0.2) is 0 Å². The Morgan fingerprint density at radius 1 is 1.11 bits per heavy atom. The molecule has 0 radical (unpaired) electrons. The summed E-state index contributed by atoms with van der Waals surface area (Å²) >= 11 is 1.29. The van der Waals surface area contributed by atoms with Crippen LogP contribution in [-0.2, 0) is 11.3 Å². The van der Waals surface area contributed by atoms with Gasteiger partial charge in [0.25, 0.3) is 5.91 Å². The number of carbonyl (C=O) groups is 2. The molecule has 0 aliphatic heterocycles. The minimum atomic E-state index is -0.458. The zero-order chi connectivity index (χ0) is 20.1.